The second kappa shape index (κ2) is 6.59. The fourth-order valence-corrected chi connectivity index (χ4v) is 1.97. The van der Waals surface area contributed by atoms with Gasteiger partial charge in [0.1, 0.15) is 5.58 Å². The van der Waals surface area contributed by atoms with Gasteiger partial charge in [0, 0.05) is 24.0 Å². The summed E-state index contributed by atoms with van der Waals surface area (Å²) in [4.78, 5) is 11.7. The Kier molecular flexibility index (Phi) is 5.39. The van der Waals surface area contributed by atoms with E-state index in [0.717, 1.165) is 22.1 Å². The van der Waals surface area contributed by atoms with Crippen molar-refractivity contribution in [2.24, 2.45) is 5.73 Å². The van der Waals surface area contributed by atoms with Crippen molar-refractivity contribution in [3.63, 3.8) is 0 Å². The first kappa shape index (κ1) is 15.5. The van der Waals surface area contributed by atoms with Gasteiger partial charge in [-0.3, -0.25) is 4.79 Å². The lowest BCUT2D eigenvalue weighted by Gasteiger charge is -2.03. The first-order valence-electron chi connectivity index (χ1n) is 6.06. The molecule has 104 valence electrons. The quantitative estimate of drug-likeness (QED) is 0.902. The van der Waals surface area contributed by atoms with Crippen LogP contribution in [-0.2, 0) is 11.2 Å². The molecule has 0 aliphatic carbocycles. The third kappa shape index (κ3) is 3.28. The average molecular weight is 283 g/mol. The van der Waals surface area contributed by atoms with Crippen LogP contribution in [0.4, 0.5) is 0 Å². The van der Waals surface area contributed by atoms with Crippen LogP contribution < -0.4 is 11.1 Å². The van der Waals surface area contributed by atoms with Crippen molar-refractivity contribution in [1.29, 1.82) is 0 Å². The van der Waals surface area contributed by atoms with Crippen molar-refractivity contribution >= 4 is 29.3 Å². The summed E-state index contributed by atoms with van der Waals surface area (Å²) in [5.41, 5.74) is 9.45. The number of aryl methyl sites for hydroxylation is 2. The summed E-state index contributed by atoms with van der Waals surface area (Å²) in [6.45, 7) is 5.04. The highest BCUT2D eigenvalue weighted by Gasteiger charge is 2.12. The standard InChI is InChI=1S/C14H18N2O2.ClH/c1-9-3-4-12-11(7-13(17)16-6-5-15)8-18-14(12)10(9)2;/h3-4,8H,5-7,15H2,1-2H3,(H,16,17);1H. The van der Waals surface area contributed by atoms with Crippen LogP contribution in [0.25, 0.3) is 11.0 Å². The van der Waals surface area contributed by atoms with E-state index in [9.17, 15) is 4.79 Å². The van der Waals surface area contributed by atoms with Crippen molar-refractivity contribution < 1.29 is 9.21 Å². The number of amides is 1. The SMILES string of the molecule is Cc1ccc2c(CC(=O)NCCN)coc2c1C.Cl. The molecule has 1 amide bonds. The van der Waals surface area contributed by atoms with Crippen LogP contribution in [0, 0.1) is 13.8 Å². The van der Waals surface area contributed by atoms with E-state index in [1.807, 2.05) is 19.9 Å². The van der Waals surface area contributed by atoms with Gasteiger partial charge in [0.15, 0.2) is 0 Å². The maximum absolute atomic E-state index is 11.7. The molecule has 1 heterocycles. The minimum absolute atomic E-state index is 0. The molecule has 5 heteroatoms. The van der Waals surface area contributed by atoms with Crippen LogP contribution in [0.1, 0.15) is 16.7 Å². The lowest BCUT2D eigenvalue weighted by atomic mass is 10.0. The van der Waals surface area contributed by atoms with Gasteiger partial charge in [0.2, 0.25) is 5.91 Å². The van der Waals surface area contributed by atoms with Crippen molar-refractivity contribution in [3.05, 3.63) is 35.1 Å². The zero-order valence-corrected chi connectivity index (χ0v) is 12.0. The third-order valence-electron chi connectivity index (χ3n) is 3.16. The van der Waals surface area contributed by atoms with Crippen molar-refractivity contribution in [2.75, 3.05) is 13.1 Å². The molecule has 1 aromatic heterocycles. The van der Waals surface area contributed by atoms with Crippen LogP contribution in [0.2, 0.25) is 0 Å². The number of furan rings is 1. The normalized spacial score (nSPS) is 10.3. The van der Waals surface area contributed by atoms with Crippen LogP contribution in [-0.4, -0.2) is 19.0 Å². The van der Waals surface area contributed by atoms with E-state index in [-0.39, 0.29) is 18.3 Å². The maximum atomic E-state index is 11.7. The van der Waals surface area contributed by atoms with E-state index >= 15 is 0 Å². The molecule has 0 atom stereocenters. The number of rotatable bonds is 4. The second-order valence-corrected chi connectivity index (χ2v) is 4.46. The smallest absolute Gasteiger partial charge is 0.224 e. The summed E-state index contributed by atoms with van der Waals surface area (Å²) in [5, 5.41) is 3.77. The fraction of sp³-hybridized carbons (Fsp3) is 0.357. The van der Waals surface area contributed by atoms with Crippen molar-refractivity contribution in [1.82, 2.24) is 5.32 Å². The zero-order valence-electron chi connectivity index (χ0n) is 11.2. The van der Waals surface area contributed by atoms with Gasteiger partial charge < -0.3 is 15.5 Å². The summed E-state index contributed by atoms with van der Waals surface area (Å²) in [6.07, 6.45) is 1.99. The monoisotopic (exact) mass is 282 g/mol. The van der Waals surface area contributed by atoms with Gasteiger partial charge in [0.05, 0.1) is 12.7 Å². The predicted octanol–water partition coefficient (Wildman–Crippen LogP) is 2.09. The van der Waals surface area contributed by atoms with Crippen molar-refractivity contribution in [3.8, 4) is 0 Å². The number of hydrogen-bond donors (Lipinski definition) is 2. The third-order valence-corrected chi connectivity index (χ3v) is 3.16. The summed E-state index contributed by atoms with van der Waals surface area (Å²) >= 11 is 0. The number of halogens is 1. The van der Waals surface area contributed by atoms with Gasteiger partial charge in [-0.05, 0) is 25.0 Å². The highest BCUT2D eigenvalue weighted by Crippen LogP contribution is 2.26. The first-order valence-corrected chi connectivity index (χ1v) is 6.06. The first-order chi connectivity index (χ1) is 8.63. The molecule has 0 spiro atoms. The molecule has 2 rings (SSSR count). The molecule has 0 fully saturated rings. The van der Waals surface area contributed by atoms with Crippen LogP contribution in [0.5, 0.6) is 0 Å². The highest BCUT2D eigenvalue weighted by molar-refractivity contribution is 5.89. The van der Waals surface area contributed by atoms with Crippen LogP contribution in [0.3, 0.4) is 0 Å². The second-order valence-electron chi connectivity index (χ2n) is 4.46. The molecule has 0 radical (unpaired) electrons. The number of carbonyl (C=O) groups is 1. The predicted molar refractivity (Wildman–Crippen MR) is 78.7 cm³/mol. The Morgan fingerprint density at radius 1 is 1.37 bits per heavy atom. The van der Waals surface area contributed by atoms with E-state index in [2.05, 4.69) is 11.4 Å². The van der Waals surface area contributed by atoms with E-state index in [0.29, 0.717) is 19.5 Å². The Morgan fingerprint density at radius 3 is 2.79 bits per heavy atom. The molecular weight excluding hydrogens is 264 g/mol. The Bertz CT molecular complexity index is 578. The Hall–Kier alpha value is -1.52. The largest absolute Gasteiger partial charge is 0.464 e. The number of benzene rings is 1. The van der Waals surface area contributed by atoms with E-state index in [1.54, 1.807) is 6.26 Å². The molecular formula is C14H19ClN2O2. The Balaban J connectivity index is 0.00000180. The lowest BCUT2D eigenvalue weighted by Crippen LogP contribution is -2.30. The minimum atomic E-state index is -0.0265. The molecule has 4 nitrogen and oxygen atoms in total. The van der Waals surface area contributed by atoms with Gasteiger partial charge in [-0.1, -0.05) is 12.1 Å². The molecule has 1 aromatic carbocycles. The van der Waals surface area contributed by atoms with E-state index < -0.39 is 0 Å². The van der Waals surface area contributed by atoms with Crippen LogP contribution in [0.15, 0.2) is 22.8 Å². The topological polar surface area (TPSA) is 68.3 Å². The van der Waals surface area contributed by atoms with Gasteiger partial charge in [-0.25, -0.2) is 0 Å². The van der Waals surface area contributed by atoms with Gasteiger partial charge in [-0.2, -0.15) is 0 Å². The molecule has 19 heavy (non-hydrogen) atoms. The van der Waals surface area contributed by atoms with Gasteiger partial charge in [0.25, 0.3) is 0 Å². The molecule has 0 aliphatic heterocycles. The number of carbonyl (C=O) groups excluding carboxylic acids is 1. The molecule has 0 saturated carbocycles. The Labute approximate surface area is 118 Å². The summed E-state index contributed by atoms with van der Waals surface area (Å²) < 4.78 is 5.56. The molecule has 0 aliphatic rings. The summed E-state index contributed by atoms with van der Waals surface area (Å²) in [5.74, 6) is -0.0265. The van der Waals surface area contributed by atoms with E-state index in [1.165, 1.54) is 5.56 Å². The minimum Gasteiger partial charge on any atom is -0.464 e. The fourth-order valence-electron chi connectivity index (χ4n) is 1.97. The number of fused-ring (bicyclic) bond motifs is 1. The number of hydrogen-bond acceptors (Lipinski definition) is 3. The number of nitrogens with two attached hydrogens (primary N) is 1. The Morgan fingerprint density at radius 2 is 2.11 bits per heavy atom. The van der Waals surface area contributed by atoms with Gasteiger partial charge >= 0.3 is 0 Å². The summed E-state index contributed by atoms with van der Waals surface area (Å²) in [6, 6.07) is 4.06. The van der Waals surface area contributed by atoms with Crippen molar-refractivity contribution in [2.45, 2.75) is 20.3 Å². The molecule has 3 N–H and O–H groups in total. The number of nitrogens with one attached hydrogen (secondary N) is 1. The van der Waals surface area contributed by atoms with Gasteiger partial charge in [-0.15, -0.1) is 12.4 Å². The lowest BCUT2D eigenvalue weighted by molar-refractivity contribution is -0.120. The zero-order chi connectivity index (χ0) is 13.1. The molecule has 0 unspecified atom stereocenters. The van der Waals surface area contributed by atoms with Crippen LogP contribution >= 0.6 is 12.4 Å². The molecule has 2 aromatic rings. The maximum Gasteiger partial charge on any atom is 0.224 e. The summed E-state index contributed by atoms with van der Waals surface area (Å²) in [7, 11) is 0. The highest BCUT2D eigenvalue weighted by atomic mass is 35.5. The molecule has 0 bridgehead atoms. The average Bonchev–Trinajstić information content (AvgIpc) is 2.75. The molecule has 0 saturated heterocycles. The van der Waals surface area contributed by atoms with E-state index in [4.69, 9.17) is 10.2 Å².